The average molecular weight is 431 g/mol. The lowest BCUT2D eigenvalue weighted by Crippen LogP contribution is -2.44. The minimum Gasteiger partial charge on any atom is -0.356 e. The lowest BCUT2D eigenvalue weighted by Gasteiger charge is -2.18. The smallest absolute Gasteiger partial charge is 0.191 e. The van der Waals surface area contributed by atoms with Crippen molar-refractivity contribution in [2.24, 2.45) is 10.4 Å². The first-order valence-electron chi connectivity index (χ1n) is 7.39. The molecular formula is C14H30IN3O2S. The van der Waals surface area contributed by atoms with Gasteiger partial charge in [0.1, 0.15) is 0 Å². The summed E-state index contributed by atoms with van der Waals surface area (Å²) in [5.74, 6) is 1.22. The van der Waals surface area contributed by atoms with E-state index in [-0.39, 0.29) is 41.5 Å². The Labute approximate surface area is 146 Å². The molecule has 0 radical (unpaired) electrons. The molecule has 1 unspecified atom stereocenters. The minimum absolute atomic E-state index is 0. The maximum Gasteiger partial charge on any atom is 0.191 e. The Morgan fingerprint density at radius 2 is 1.95 bits per heavy atom. The van der Waals surface area contributed by atoms with Crippen molar-refractivity contribution < 1.29 is 8.42 Å². The van der Waals surface area contributed by atoms with Gasteiger partial charge in [0.25, 0.3) is 0 Å². The van der Waals surface area contributed by atoms with Crippen LogP contribution in [-0.2, 0) is 9.84 Å². The second-order valence-corrected chi connectivity index (χ2v) is 8.99. The highest BCUT2D eigenvalue weighted by Crippen LogP contribution is 2.21. The standard InChI is InChI=1S/C14H29N3O2S.HI/c1-14(2,3)8-5-6-9-16-13(15-4)17-12-7-10-20(18,19)11-12;/h12H,5-11H2,1-4H3,(H2,15,16,17);1H. The van der Waals surface area contributed by atoms with Crippen LogP contribution in [0.2, 0.25) is 0 Å². The molecule has 1 fully saturated rings. The first kappa shape index (κ1) is 20.9. The molecule has 0 aromatic carbocycles. The van der Waals surface area contributed by atoms with E-state index in [1.54, 1.807) is 7.05 Å². The minimum atomic E-state index is -2.84. The molecule has 0 aromatic heterocycles. The number of rotatable bonds is 5. The molecule has 21 heavy (non-hydrogen) atoms. The zero-order valence-electron chi connectivity index (χ0n) is 13.6. The van der Waals surface area contributed by atoms with E-state index in [2.05, 4.69) is 36.4 Å². The van der Waals surface area contributed by atoms with Crippen LogP contribution in [0.4, 0.5) is 0 Å². The maximum absolute atomic E-state index is 11.4. The highest BCUT2D eigenvalue weighted by molar-refractivity contribution is 14.0. The molecule has 0 amide bonds. The lowest BCUT2D eigenvalue weighted by molar-refractivity contribution is 0.360. The zero-order valence-corrected chi connectivity index (χ0v) is 16.8. The van der Waals surface area contributed by atoms with Crippen molar-refractivity contribution in [3.8, 4) is 0 Å². The molecule has 126 valence electrons. The summed E-state index contributed by atoms with van der Waals surface area (Å²) in [5, 5.41) is 6.44. The fraction of sp³-hybridized carbons (Fsp3) is 0.929. The van der Waals surface area contributed by atoms with Gasteiger partial charge >= 0.3 is 0 Å². The molecule has 0 bridgehead atoms. The van der Waals surface area contributed by atoms with E-state index in [1.807, 2.05) is 0 Å². The summed E-state index contributed by atoms with van der Waals surface area (Å²) in [6.07, 6.45) is 4.17. The third kappa shape index (κ3) is 9.55. The van der Waals surface area contributed by atoms with Crippen LogP contribution in [0.3, 0.4) is 0 Å². The predicted octanol–water partition coefficient (Wildman–Crippen LogP) is 2.17. The van der Waals surface area contributed by atoms with Crippen LogP contribution in [0.15, 0.2) is 4.99 Å². The first-order chi connectivity index (χ1) is 9.22. The number of unbranched alkanes of at least 4 members (excludes halogenated alkanes) is 1. The summed E-state index contributed by atoms with van der Waals surface area (Å²) >= 11 is 0. The molecule has 0 saturated carbocycles. The number of sulfone groups is 1. The summed E-state index contributed by atoms with van der Waals surface area (Å²) in [4.78, 5) is 4.15. The average Bonchev–Trinajstić information content (AvgIpc) is 2.65. The van der Waals surface area contributed by atoms with Gasteiger partial charge in [0.15, 0.2) is 15.8 Å². The Morgan fingerprint density at radius 3 is 2.43 bits per heavy atom. The lowest BCUT2D eigenvalue weighted by atomic mass is 9.90. The van der Waals surface area contributed by atoms with Gasteiger partial charge in [0.2, 0.25) is 0 Å². The van der Waals surface area contributed by atoms with Crippen LogP contribution >= 0.6 is 24.0 Å². The van der Waals surface area contributed by atoms with E-state index in [1.165, 1.54) is 12.8 Å². The Hall–Kier alpha value is -0.0500. The fourth-order valence-electron chi connectivity index (χ4n) is 2.28. The van der Waals surface area contributed by atoms with E-state index in [9.17, 15) is 8.42 Å². The van der Waals surface area contributed by atoms with Gasteiger partial charge in [-0.1, -0.05) is 27.2 Å². The first-order valence-corrected chi connectivity index (χ1v) is 9.22. The van der Waals surface area contributed by atoms with Crippen molar-refractivity contribution in [3.63, 3.8) is 0 Å². The largest absolute Gasteiger partial charge is 0.356 e. The van der Waals surface area contributed by atoms with Gasteiger partial charge in [0.05, 0.1) is 11.5 Å². The second-order valence-electron chi connectivity index (χ2n) is 6.76. The predicted molar refractivity (Wildman–Crippen MR) is 100 cm³/mol. The van der Waals surface area contributed by atoms with E-state index in [0.29, 0.717) is 17.8 Å². The Bertz CT molecular complexity index is 430. The van der Waals surface area contributed by atoms with Crippen LogP contribution in [-0.4, -0.2) is 45.5 Å². The Morgan fingerprint density at radius 1 is 1.29 bits per heavy atom. The van der Waals surface area contributed by atoms with Gasteiger partial charge in [-0.3, -0.25) is 4.99 Å². The Kier molecular flexibility index (Phi) is 9.15. The SMILES string of the molecule is CN=C(NCCCCC(C)(C)C)NC1CCS(=O)(=O)C1.I. The van der Waals surface area contributed by atoms with Crippen molar-refractivity contribution in [3.05, 3.63) is 0 Å². The van der Waals surface area contributed by atoms with E-state index < -0.39 is 9.84 Å². The van der Waals surface area contributed by atoms with E-state index >= 15 is 0 Å². The number of hydrogen-bond acceptors (Lipinski definition) is 3. The van der Waals surface area contributed by atoms with Gasteiger partial charge in [-0.25, -0.2) is 8.42 Å². The highest BCUT2D eigenvalue weighted by atomic mass is 127. The molecule has 5 nitrogen and oxygen atoms in total. The molecule has 1 heterocycles. The van der Waals surface area contributed by atoms with Crippen molar-refractivity contribution in [1.29, 1.82) is 0 Å². The van der Waals surface area contributed by atoms with Gasteiger partial charge < -0.3 is 10.6 Å². The topological polar surface area (TPSA) is 70.6 Å². The zero-order chi connectivity index (χ0) is 15.2. The second kappa shape index (κ2) is 9.17. The van der Waals surface area contributed by atoms with Gasteiger partial charge in [0, 0.05) is 19.6 Å². The molecule has 1 aliphatic rings. The van der Waals surface area contributed by atoms with Gasteiger partial charge in [-0.2, -0.15) is 0 Å². The van der Waals surface area contributed by atoms with Crippen LogP contribution in [0.25, 0.3) is 0 Å². The normalized spacial score (nSPS) is 21.7. The summed E-state index contributed by atoms with van der Waals surface area (Å²) in [5.41, 5.74) is 0.387. The quantitative estimate of drug-likeness (QED) is 0.303. The fourth-order valence-corrected chi connectivity index (χ4v) is 3.96. The monoisotopic (exact) mass is 431 g/mol. The van der Waals surface area contributed by atoms with Crippen molar-refractivity contribution in [2.45, 2.75) is 52.5 Å². The number of nitrogens with one attached hydrogen (secondary N) is 2. The molecule has 1 rings (SSSR count). The van der Waals surface area contributed by atoms with Crippen LogP contribution in [0, 0.1) is 5.41 Å². The molecule has 1 atom stereocenters. The number of hydrogen-bond donors (Lipinski definition) is 2. The van der Waals surface area contributed by atoms with Crippen LogP contribution < -0.4 is 10.6 Å². The molecule has 1 aliphatic heterocycles. The summed E-state index contributed by atoms with van der Waals surface area (Å²) in [7, 11) is -1.12. The van der Waals surface area contributed by atoms with Crippen LogP contribution in [0.5, 0.6) is 0 Å². The number of aliphatic imine (C=N–C) groups is 1. The van der Waals surface area contributed by atoms with E-state index in [0.717, 1.165) is 13.0 Å². The van der Waals surface area contributed by atoms with Gasteiger partial charge in [-0.05, 0) is 24.7 Å². The van der Waals surface area contributed by atoms with Crippen LogP contribution in [0.1, 0.15) is 46.5 Å². The molecule has 0 spiro atoms. The molecule has 7 heteroatoms. The third-order valence-corrected chi connectivity index (χ3v) is 5.21. The third-order valence-electron chi connectivity index (χ3n) is 3.44. The summed E-state index contributed by atoms with van der Waals surface area (Å²) in [6.45, 7) is 7.62. The number of guanidine groups is 1. The van der Waals surface area contributed by atoms with Crippen molar-refractivity contribution in [2.75, 3.05) is 25.1 Å². The molecule has 2 N–H and O–H groups in total. The Balaban J connectivity index is 0.00000400. The molecular weight excluding hydrogens is 401 g/mol. The van der Waals surface area contributed by atoms with E-state index in [4.69, 9.17) is 0 Å². The maximum atomic E-state index is 11.4. The molecule has 0 aromatic rings. The summed E-state index contributed by atoms with van der Waals surface area (Å²) in [6, 6.07) is 0.000718. The molecule has 0 aliphatic carbocycles. The number of halogens is 1. The highest BCUT2D eigenvalue weighted by Gasteiger charge is 2.28. The number of nitrogens with zero attached hydrogens (tertiary/aromatic N) is 1. The van der Waals surface area contributed by atoms with Crippen molar-refractivity contribution in [1.82, 2.24) is 10.6 Å². The molecule has 1 saturated heterocycles. The van der Waals surface area contributed by atoms with Gasteiger partial charge in [-0.15, -0.1) is 24.0 Å². The summed E-state index contributed by atoms with van der Waals surface area (Å²) < 4.78 is 22.8. The van der Waals surface area contributed by atoms with Crippen molar-refractivity contribution >= 4 is 39.8 Å².